The van der Waals surface area contributed by atoms with E-state index in [9.17, 15) is 4.79 Å². The fraction of sp³-hybridized carbons (Fsp3) is 0.316. The van der Waals surface area contributed by atoms with Crippen LogP contribution < -0.4 is 15.4 Å². The van der Waals surface area contributed by atoms with Crippen molar-refractivity contribution < 1.29 is 9.53 Å². The summed E-state index contributed by atoms with van der Waals surface area (Å²) in [6, 6.07) is 12.8. The summed E-state index contributed by atoms with van der Waals surface area (Å²) < 4.78 is 5.70. The molecular formula is C19H24ClN3O2. The number of carbonyl (C=O) groups is 1. The van der Waals surface area contributed by atoms with E-state index in [0.717, 1.165) is 23.4 Å². The molecule has 2 aromatic rings. The van der Waals surface area contributed by atoms with Gasteiger partial charge in [0.2, 0.25) is 0 Å². The molecule has 0 bridgehead atoms. The highest BCUT2D eigenvalue weighted by molar-refractivity contribution is 6.31. The van der Waals surface area contributed by atoms with E-state index in [1.807, 2.05) is 51.4 Å². The standard InChI is InChI=1S/C19H24ClN3O2/c1-14-7-8-16(20)12-18(14)22-19(24)21-13-15-5-4-6-17(11-15)25-10-9-23(2)3/h4-8,11-12H,9-10,13H2,1-3H3,(H2,21,22,24). The van der Waals surface area contributed by atoms with Gasteiger partial charge < -0.3 is 20.3 Å². The second kappa shape index (κ2) is 9.30. The van der Waals surface area contributed by atoms with Crippen molar-refractivity contribution in [1.29, 1.82) is 0 Å². The number of hydrogen-bond acceptors (Lipinski definition) is 3. The van der Waals surface area contributed by atoms with Crippen LogP contribution in [0.2, 0.25) is 5.02 Å². The zero-order valence-electron chi connectivity index (χ0n) is 14.8. The van der Waals surface area contributed by atoms with Gasteiger partial charge in [0.1, 0.15) is 12.4 Å². The fourth-order valence-electron chi connectivity index (χ4n) is 2.17. The summed E-state index contributed by atoms with van der Waals surface area (Å²) in [5, 5.41) is 6.24. The fourth-order valence-corrected chi connectivity index (χ4v) is 2.34. The molecule has 2 aromatic carbocycles. The van der Waals surface area contributed by atoms with E-state index in [1.165, 1.54) is 0 Å². The molecule has 5 nitrogen and oxygen atoms in total. The quantitative estimate of drug-likeness (QED) is 0.786. The molecule has 2 N–H and O–H groups in total. The summed E-state index contributed by atoms with van der Waals surface area (Å²) in [5.41, 5.74) is 2.63. The molecule has 0 spiro atoms. The number of amides is 2. The lowest BCUT2D eigenvalue weighted by Gasteiger charge is -2.13. The van der Waals surface area contributed by atoms with Crippen molar-refractivity contribution in [3.05, 3.63) is 58.6 Å². The summed E-state index contributed by atoms with van der Waals surface area (Å²) in [6.07, 6.45) is 0. The maximum atomic E-state index is 12.1. The van der Waals surface area contributed by atoms with Gasteiger partial charge in [-0.2, -0.15) is 0 Å². The molecule has 0 aliphatic heterocycles. The number of urea groups is 1. The lowest BCUT2D eigenvalue weighted by atomic mass is 10.2. The van der Waals surface area contributed by atoms with Gasteiger partial charge in [-0.1, -0.05) is 29.8 Å². The van der Waals surface area contributed by atoms with Crippen LogP contribution in [0.5, 0.6) is 5.75 Å². The third-order valence-corrected chi connectivity index (χ3v) is 3.84. The zero-order valence-corrected chi connectivity index (χ0v) is 15.6. The van der Waals surface area contributed by atoms with Crippen molar-refractivity contribution >= 4 is 23.3 Å². The molecule has 0 radical (unpaired) electrons. The van der Waals surface area contributed by atoms with Gasteiger partial charge in [0.05, 0.1) is 0 Å². The van der Waals surface area contributed by atoms with Crippen molar-refractivity contribution in [3.8, 4) is 5.75 Å². The minimum absolute atomic E-state index is 0.274. The molecule has 0 heterocycles. The van der Waals surface area contributed by atoms with Crippen LogP contribution >= 0.6 is 11.6 Å². The van der Waals surface area contributed by atoms with Crippen LogP contribution in [0.25, 0.3) is 0 Å². The molecule has 25 heavy (non-hydrogen) atoms. The van der Waals surface area contributed by atoms with E-state index >= 15 is 0 Å². The van der Waals surface area contributed by atoms with Gasteiger partial charge in [0.25, 0.3) is 0 Å². The first kappa shape index (κ1) is 19.1. The third-order valence-electron chi connectivity index (χ3n) is 3.61. The van der Waals surface area contributed by atoms with E-state index in [2.05, 4.69) is 15.5 Å². The Kier molecular flexibility index (Phi) is 7.10. The Balaban J connectivity index is 1.86. The highest BCUT2D eigenvalue weighted by Gasteiger charge is 2.06. The number of rotatable bonds is 7. The summed E-state index contributed by atoms with van der Waals surface area (Å²) in [7, 11) is 4.01. The molecule has 0 unspecified atom stereocenters. The number of benzene rings is 2. The lowest BCUT2D eigenvalue weighted by Crippen LogP contribution is -2.28. The SMILES string of the molecule is Cc1ccc(Cl)cc1NC(=O)NCc1cccc(OCCN(C)C)c1. The number of halogens is 1. The normalized spacial score (nSPS) is 10.6. The Morgan fingerprint density at radius 2 is 2.00 bits per heavy atom. The molecule has 2 rings (SSSR count). The molecule has 134 valence electrons. The molecule has 6 heteroatoms. The first-order valence-electron chi connectivity index (χ1n) is 8.11. The second-order valence-corrected chi connectivity index (χ2v) is 6.50. The Hall–Kier alpha value is -2.24. The van der Waals surface area contributed by atoms with Crippen molar-refractivity contribution in [3.63, 3.8) is 0 Å². The van der Waals surface area contributed by atoms with E-state index in [1.54, 1.807) is 12.1 Å². The van der Waals surface area contributed by atoms with Gasteiger partial charge >= 0.3 is 6.03 Å². The van der Waals surface area contributed by atoms with E-state index in [4.69, 9.17) is 16.3 Å². The number of nitrogens with zero attached hydrogens (tertiary/aromatic N) is 1. The highest BCUT2D eigenvalue weighted by Crippen LogP contribution is 2.20. The predicted octanol–water partition coefficient (Wildman–Crippen LogP) is 3.91. The highest BCUT2D eigenvalue weighted by atomic mass is 35.5. The summed E-state index contributed by atoms with van der Waals surface area (Å²) in [6.45, 7) is 3.80. The van der Waals surface area contributed by atoms with Gasteiger partial charge in [-0.05, 0) is 56.4 Å². The molecule has 0 aliphatic carbocycles. The Morgan fingerprint density at radius 3 is 2.76 bits per heavy atom. The molecule has 0 aliphatic rings. The van der Waals surface area contributed by atoms with Crippen LogP contribution in [0.3, 0.4) is 0 Å². The van der Waals surface area contributed by atoms with Crippen molar-refractivity contribution in [2.45, 2.75) is 13.5 Å². The van der Waals surface area contributed by atoms with Crippen LogP contribution in [-0.4, -0.2) is 38.2 Å². The van der Waals surface area contributed by atoms with Crippen molar-refractivity contribution in [2.75, 3.05) is 32.6 Å². The molecule has 0 fully saturated rings. The molecule has 0 atom stereocenters. The van der Waals surface area contributed by atoms with Gasteiger partial charge in [0.15, 0.2) is 0 Å². The molecule has 0 saturated carbocycles. The average Bonchev–Trinajstić information content (AvgIpc) is 2.56. The maximum Gasteiger partial charge on any atom is 0.319 e. The third kappa shape index (κ3) is 6.64. The van der Waals surface area contributed by atoms with Crippen LogP contribution in [0.4, 0.5) is 10.5 Å². The number of anilines is 1. The smallest absolute Gasteiger partial charge is 0.319 e. The number of aryl methyl sites for hydroxylation is 1. The lowest BCUT2D eigenvalue weighted by molar-refractivity contribution is 0.251. The first-order valence-corrected chi connectivity index (χ1v) is 8.49. The molecule has 0 saturated heterocycles. The predicted molar refractivity (Wildman–Crippen MR) is 103 cm³/mol. The van der Waals surface area contributed by atoms with Crippen molar-refractivity contribution in [1.82, 2.24) is 10.2 Å². The van der Waals surface area contributed by atoms with Crippen LogP contribution in [-0.2, 0) is 6.54 Å². The van der Waals surface area contributed by atoms with Crippen LogP contribution in [0.15, 0.2) is 42.5 Å². The monoisotopic (exact) mass is 361 g/mol. The summed E-state index contributed by atoms with van der Waals surface area (Å²) in [5.74, 6) is 0.798. The first-order chi connectivity index (χ1) is 11.9. The Labute approximate surface area is 153 Å². The minimum atomic E-state index is -0.274. The van der Waals surface area contributed by atoms with Gasteiger partial charge in [-0.15, -0.1) is 0 Å². The topological polar surface area (TPSA) is 53.6 Å². The summed E-state index contributed by atoms with van der Waals surface area (Å²) in [4.78, 5) is 14.1. The Morgan fingerprint density at radius 1 is 1.20 bits per heavy atom. The van der Waals surface area contributed by atoms with E-state index < -0.39 is 0 Å². The van der Waals surface area contributed by atoms with Crippen LogP contribution in [0, 0.1) is 6.92 Å². The number of carbonyl (C=O) groups excluding carboxylic acids is 1. The second-order valence-electron chi connectivity index (χ2n) is 6.07. The molecule has 0 aromatic heterocycles. The van der Waals surface area contributed by atoms with E-state index in [-0.39, 0.29) is 6.03 Å². The average molecular weight is 362 g/mol. The largest absolute Gasteiger partial charge is 0.492 e. The van der Waals surface area contributed by atoms with Crippen molar-refractivity contribution in [2.24, 2.45) is 0 Å². The van der Waals surface area contributed by atoms with Gasteiger partial charge in [-0.3, -0.25) is 0 Å². The van der Waals surface area contributed by atoms with E-state index in [0.29, 0.717) is 23.9 Å². The Bertz CT molecular complexity index is 720. The number of hydrogen-bond donors (Lipinski definition) is 2. The van der Waals surface area contributed by atoms with Gasteiger partial charge in [0, 0.05) is 23.8 Å². The van der Waals surface area contributed by atoms with Crippen LogP contribution in [0.1, 0.15) is 11.1 Å². The maximum absolute atomic E-state index is 12.1. The number of likely N-dealkylation sites (N-methyl/N-ethyl adjacent to an activating group) is 1. The summed E-state index contributed by atoms with van der Waals surface area (Å²) >= 11 is 5.96. The number of nitrogens with one attached hydrogen (secondary N) is 2. The minimum Gasteiger partial charge on any atom is -0.492 e. The number of ether oxygens (including phenoxy) is 1. The molecular weight excluding hydrogens is 338 g/mol. The van der Waals surface area contributed by atoms with Gasteiger partial charge in [-0.25, -0.2) is 4.79 Å². The molecule has 2 amide bonds. The zero-order chi connectivity index (χ0) is 18.2.